The highest BCUT2D eigenvalue weighted by molar-refractivity contribution is 5.88. The van der Waals surface area contributed by atoms with Gasteiger partial charge in [-0.05, 0) is 24.6 Å². The molecule has 7 nitrogen and oxygen atoms in total. The summed E-state index contributed by atoms with van der Waals surface area (Å²) in [5.41, 5.74) is 0.630. The minimum absolute atomic E-state index is 0.255. The summed E-state index contributed by atoms with van der Waals surface area (Å²) in [7, 11) is 1.63. The van der Waals surface area contributed by atoms with Crippen LogP contribution in [0.1, 0.15) is 6.42 Å². The number of amides is 2. The first-order chi connectivity index (χ1) is 9.79. The average Bonchev–Trinajstić information content (AvgIpc) is 2.99. The van der Waals surface area contributed by atoms with Gasteiger partial charge in [0.25, 0.3) is 0 Å². The molecule has 0 aliphatic rings. The van der Waals surface area contributed by atoms with Gasteiger partial charge in [-0.25, -0.2) is 14.5 Å². The van der Waals surface area contributed by atoms with Crippen molar-refractivity contribution in [1.29, 1.82) is 0 Å². The summed E-state index contributed by atoms with van der Waals surface area (Å²) < 4.78 is 6.55. The second kappa shape index (κ2) is 7.25. The Morgan fingerprint density at radius 2 is 2.35 bits per heavy atom. The Morgan fingerprint density at radius 1 is 1.45 bits per heavy atom. The van der Waals surface area contributed by atoms with Crippen molar-refractivity contribution < 1.29 is 9.53 Å². The van der Waals surface area contributed by atoms with Crippen LogP contribution in [0.15, 0.2) is 36.8 Å². The predicted octanol–water partition coefficient (Wildman–Crippen LogP) is 1.43. The molecule has 20 heavy (non-hydrogen) atoms. The summed E-state index contributed by atoms with van der Waals surface area (Å²) in [6.45, 7) is 1.19. The molecule has 2 heterocycles. The van der Waals surface area contributed by atoms with E-state index < -0.39 is 0 Å². The number of methoxy groups -OCH3 is 1. The van der Waals surface area contributed by atoms with Gasteiger partial charge in [0.05, 0.1) is 11.9 Å². The predicted molar refractivity (Wildman–Crippen MR) is 74.9 cm³/mol. The minimum Gasteiger partial charge on any atom is -0.385 e. The molecule has 0 aromatic carbocycles. The second-order valence-corrected chi connectivity index (χ2v) is 4.08. The molecule has 0 saturated carbocycles. The van der Waals surface area contributed by atoms with E-state index in [1.807, 2.05) is 6.07 Å². The van der Waals surface area contributed by atoms with Gasteiger partial charge in [-0.2, -0.15) is 5.10 Å². The maximum Gasteiger partial charge on any atom is 0.319 e. The van der Waals surface area contributed by atoms with Crippen molar-refractivity contribution in [2.24, 2.45) is 0 Å². The molecule has 0 spiro atoms. The van der Waals surface area contributed by atoms with E-state index in [9.17, 15) is 4.79 Å². The Bertz CT molecular complexity index is 524. The zero-order valence-electron chi connectivity index (χ0n) is 11.2. The molecule has 0 fully saturated rings. The molecule has 0 radical (unpaired) electrons. The van der Waals surface area contributed by atoms with E-state index in [2.05, 4.69) is 20.7 Å². The Labute approximate surface area is 117 Å². The third-order valence-corrected chi connectivity index (χ3v) is 2.56. The number of hydrogen-bond donors (Lipinski definition) is 2. The number of anilines is 1. The zero-order valence-corrected chi connectivity index (χ0v) is 11.2. The van der Waals surface area contributed by atoms with Crippen molar-refractivity contribution in [2.75, 3.05) is 25.6 Å². The number of carbonyl (C=O) groups excluding carboxylic acids is 1. The molecule has 7 heteroatoms. The Kier molecular flexibility index (Phi) is 5.08. The van der Waals surface area contributed by atoms with Gasteiger partial charge in [0.15, 0.2) is 5.82 Å². The van der Waals surface area contributed by atoms with E-state index in [-0.39, 0.29) is 6.03 Å². The summed E-state index contributed by atoms with van der Waals surface area (Å²) in [6, 6.07) is 5.13. The van der Waals surface area contributed by atoms with Gasteiger partial charge in [0, 0.05) is 32.7 Å². The Morgan fingerprint density at radius 3 is 3.00 bits per heavy atom. The van der Waals surface area contributed by atoms with Gasteiger partial charge in [-0.3, -0.25) is 0 Å². The number of hydrogen-bond acceptors (Lipinski definition) is 4. The third-order valence-electron chi connectivity index (χ3n) is 2.56. The fraction of sp³-hybridized carbons (Fsp3) is 0.308. The van der Waals surface area contributed by atoms with Crippen LogP contribution in [0.2, 0.25) is 0 Å². The van der Waals surface area contributed by atoms with Gasteiger partial charge in [0.2, 0.25) is 0 Å². The normalized spacial score (nSPS) is 10.2. The van der Waals surface area contributed by atoms with Crippen molar-refractivity contribution in [2.45, 2.75) is 6.42 Å². The molecule has 0 aliphatic carbocycles. The number of nitrogens with one attached hydrogen (secondary N) is 2. The van der Waals surface area contributed by atoms with Crippen molar-refractivity contribution in [3.8, 4) is 5.82 Å². The van der Waals surface area contributed by atoms with E-state index in [4.69, 9.17) is 4.74 Å². The Hall–Kier alpha value is -2.41. The summed E-state index contributed by atoms with van der Waals surface area (Å²) >= 11 is 0. The molecule has 106 valence electrons. The van der Waals surface area contributed by atoms with Crippen LogP contribution in [0.4, 0.5) is 10.5 Å². The number of urea groups is 1. The molecule has 2 aromatic rings. The quantitative estimate of drug-likeness (QED) is 0.781. The van der Waals surface area contributed by atoms with Crippen molar-refractivity contribution >= 4 is 11.7 Å². The topological polar surface area (TPSA) is 81.1 Å². The smallest absolute Gasteiger partial charge is 0.319 e. The second-order valence-electron chi connectivity index (χ2n) is 4.08. The molecule has 0 aliphatic heterocycles. The summed E-state index contributed by atoms with van der Waals surface area (Å²) in [5, 5.41) is 9.52. The van der Waals surface area contributed by atoms with E-state index >= 15 is 0 Å². The van der Waals surface area contributed by atoms with Crippen LogP contribution in [-0.2, 0) is 4.74 Å². The van der Waals surface area contributed by atoms with E-state index in [0.717, 1.165) is 6.42 Å². The highest BCUT2D eigenvalue weighted by atomic mass is 16.5. The summed E-state index contributed by atoms with van der Waals surface area (Å²) in [4.78, 5) is 15.8. The molecule has 2 amide bonds. The van der Waals surface area contributed by atoms with Crippen LogP contribution in [0.5, 0.6) is 0 Å². The van der Waals surface area contributed by atoms with Crippen LogP contribution < -0.4 is 10.6 Å². The molecule has 0 unspecified atom stereocenters. The molecule has 2 rings (SSSR count). The van der Waals surface area contributed by atoms with Gasteiger partial charge < -0.3 is 15.4 Å². The molecular formula is C13H17N5O2. The molecule has 0 atom stereocenters. The lowest BCUT2D eigenvalue weighted by atomic mass is 10.4. The molecule has 2 aromatic heterocycles. The molecule has 0 saturated heterocycles. The fourth-order valence-corrected chi connectivity index (χ4v) is 1.59. The van der Waals surface area contributed by atoms with Crippen molar-refractivity contribution in [1.82, 2.24) is 20.1 Å². The highest BCUT2D eigenvalue weighted by Crippen LogP contribution is 2.08. The van der Waals surface area contributed by atoms with Gasteiger partial charge in [0.1, 0.15) is 0 Å². The number of aromatic nitrogens is 3. The van der Waals surface area contributed by atoms with Crippen LogP contribution >= 0.6 is 0 Å². The van der Waals surface area contributed by atoms with Gasteiger partial charge in [-0.1, -0.05) is 0 Å². The molecular weight excluding hydrogens is 258 g/mol. The van der Waals surface area contributed by atoms with E-state index in [1.54, 1.807) is 42.5 Å². The van der Waals surface area contributed by atoms with Crippen LogP contribution in [-0.4, -0.2) is 41.1 Å². The first-order valence-corrected chi connectivity index (χ1v) is 6.29. The lowest BCUT2D eigenvalue weighted by Crippen LogP contribution is -2.30. The zero-order chi connectivity index (χ0) is 14.2. The highest BCUT2D eigenvalue weighted by Gasteiger charge is 2.02. The lowest BCUT2D eigenvalue weighted by molar-refractivity contribution is 0.194. The molecule has 2 N–H and O–H groups in total. The number of rotatable bonds is 6. The number of carbonyl (C=O) groups is 1. The third kappa shape index (κ3) is 4.06. The standard InChI is InChI=1S/C13H17N5O2/c1-20-9-3-6-14-13(19)17-11-4-5-12(15-10-11)18-8-2-7-16-18/h2,4-5,7-8,10H,3,6,9H2,1H3,(H2,14,17,19). The average molecular weight is 275 g/mol. The van der Waals surface area contributed by atoms with E-state index in [0.29, 0.717) is 24.7 Å². The summed E-state index contributed by atoms with van der Waals surface area (Å²) in [5.74, 6) is 0.695. The van der Waals surface area contributed by atoms with Crippen molar-refractivity contribution in [3.63, 3.8) is 0 Å². The van der Waals surface area contributed by atoms with E-state index in [1.165, 1.54) is 0 Å². The number of pyridine rings is 1. The van der Waals surface area contributed by atoms with Gasteiger partial charge >= 0.3 is 6.03 Å². The Balaban J connectivity index is 1.83. The largest absolute Gasteiger partial charge is 0.385 e. The number of nitrogens with zero attached hydrogens (tertiary/aromatic N) is 3. The lowest BCUT2D eigenvalue weighted by Gasteiger charge is -2.07. The maximum atomic E-state index is 11.6. The van der Waals surface area contributed by atoms with Crippen LogP contribution in [0.3, 0.4) is 0 Å². The first kappa shape index (κ1) is 14.0. The number of ether oxygens (including phenoxy) is 1. The summed E-state index contributed by atoms with van der Waals surface area (Å²) in [6.07, 6.45) is 5.85. The van der Waals surface area contributed by atoms with Crippen LogP contribution in [0, 0.1) is 0 Å². The first-order valence-electron chi connectivity index (χ1n) is 6.29. The monoisotopic (exact) mass is 275 g/mol. The van der Waals surface area contributed by atoms with Crippen LogP contribution in [0.25, 0.3) is 5.82 Å². The maximum absolute atomic E-state index is 11.6. The van der Waals surface area contributed by atoms with Crippen molar-refractivity contribution in [3.05, 3.63) is 36.8 Å². The fourth-order valence-electron chi connectivity index (χ4n) is 1.59. The molecule has 0 bridgehead atoms. The van der Waals surface area contributed by atoms with Gasteiger partial charge in [-0.15, -0.1) is 0 Å². The SMILES string of the molecule is COCCCNC(=O)Nc1ccc(-n2cccn2)nc1. The minimum atomic E-state index is -0.255.